The average molecular weight is 376 g/mol. The highest BCUT2D eigenvalue weighted by atomic mass is 32.2. The number of nitrogens with zero attached hydrogens (tertiary/aromatic N) is 1. The summed E-state index contributed by atoms with van der Waals surface area (Å²) < 4.78 is 13.8. The second-order valence-electron chi connectivity index (χ2n) is 6.47. The third-order valence-corrected chi connectivity index (χ3v) is 5.00. The molecule has 2 amide bonds. The van der Waals surface area contributed by atoms with Gasteiger partial charge in [-0.05, 0) is 62.7 Å². The number of hydrogen-bond acceptors (Lipinski definition) is 3. The van der Waals surface area contributed by atoms with Crippen molar-refractivity contribution in [3.8, 4) is 0 Å². The molecule has 0 fully saturated rings. The summed E-state index contributed by atoms with van der Waals surface area (Å²) in [5.74, 6) is -0.230. The van der Waals surface area contributed by atoms with Crippen molar-refractivity contribution < 1.29 is 9.18 Å². The summed E-state index contributed by atoms with van der Waals surface area (Å²) in [6, 6.07) is 12.5. The highest BCUT2D eigenvalue weighted by molar-refractivity contribution is 7.98. The molecule has 0 heterocycles. The molecule has 26 heavy (non-hydrogen) atoms. The molecule has 0 spiro atoms. The predicted molar refractivity (Wildman–Crippen MR) is 108 cm³/mol. The van der Waals surface area contributed by atoms with Gasteiger partial charge in [0.25, 0.3) is 0 Å². The van der Waals surface area contributed by atoms with Crippen LogP contribution in [0.3, 0.4) is 0 Å². The second-order valence-corrected chi connectivity index (χ2v) is 7.65. The van der Waals surface area contributed by atoms with Crippen LogP contribution in [0, 0.1) is 5.82 Å². The van der Waals surface area contributed by atoms with E-state index in [2.05, 4.69) is 29.9 Å². The van der Waals surface area contributed by atoms with Crippen molar-refractivity contribution in [2.75, 3.05) is 25.7 Å². The lowest BCUT2D eigenvalue weighted by Crippen LogP contribution is -2.28. The van der Waals surface area contributed by atoms with Crippen LogP contribution in [0.15, 0.2) is 42.5 Å². The third-order valence-electron chi connectivity index (χ3n) is 4.02. The molecule has 4 nitrogen and oxygen atoms in total. The van der Waals surface area contributed by atoms with Gasteiger partial charge >= 0.3 is 6.03 Å². The number of nitrogens with one attached hydrogen (secondary N) is 2. The Morgan fingerprint density at radius 3 is 2.69 bits per heavy atom. The standard InChI is InChI=1S/C20H26FN3OS/c1-14(26-4)16-6-5-7-18(11-16)23-20(25)22-12-15-8-9-19(21)17(10-15)13-24(2)3/h5-11,14H,12-13H2,1-4H3,(H2,22,23,25). The summed E-state index contributed by atoms with van der Waals surface area (Å²) in [6.07, 6.45) is 2.06. The fourth-order valence-electron chi connectivity index (χ4n) is 2.56. The van der Waals surface area contributed by atoms with Crippen molar-refractivity contribution in [1.29, 1.82) is 0 Å². The minimum Gasteiger partial charge on any atom is -0.334 e. The summed E-state index contributed by atoms with van der Waals surface area (Å²) in [5.41, 5.74) is 3.41. The molecule has 0 bridgehead atoms. The van der Waals surface area contributed by atoms with Crippen LogP contribution in [0.25, 0.3) is 0 Å². The van der Waals surface area contributed by atoms with Crippen molar-refractivity contribution in [1.82, 2.24) is 10.2 Å². The fourth-order valence-corrected chi connectivity index (χ4v) is 2.98. The minimum absolute atomic E-state index is 0.230. The number of urea groups is 1. The van der Waals surface area contributed by atoms with E-state index in [0.29, 0.717) is 23.9 Å². The molecule has 0 aliphatic heterocycles. The summed E-state index contributed by atoms with van der Waals surface area (Å²) >= 11 is 1.76. The van der Waals surface area contributed by atoms with E-state index in [0.717, 1.165) is 11.3 Å². The van der Waals surface area contributed by atoms with Crippen LogP contribution in [0.2, 0.25) is 0 Å². The second kappa shape index (κ2) is 9.59. The number of thioether (sulfide) groups is 1. The SMILES string of the molecule is CSC(C)c1cccc(NC(=O)NCc2ccc(F)c(CN(C)C)c2)c1. The van der Waals surface area contributed by atoms with Gasteiger partial charge in [0.15, 0.2) is 0 Å². The molecule has 2 aromatic carbocycles. The quantitative estimate of drug-likeness (QED) is 0.741. The fraction of sp³-hybridized carbons (Fsp3) is 0.350. The Bertz CT molecular complexity index is 752. The van der Waals surface area contributed by atoms with E-state index in [-0.39, 0.29) is 11.8 Å². The smallest absolute Gasteiger partial charge is 0.319 e. The highest BCUT2D eigenvalue weighted by Crippen LogP contribution is 2.27. The van der Waals surface area contributed by atoms with Gasteiger partial charge in [-0.25, -0.2) is 9.18 Å². The number of halogens is 1. The van der Waals surface area contributed by atoms with E-state index in [1.165, 1.54) is 11.6 Å². The zero-order chi connectivity index (χ0) is 19.1. The topological polar surface area (TPSA) is 44.4 Å². The van der Waals surface area contributed by atoms with Crippen LogP contribution in [0.5, 0.6) is 0 Å². The molecule has 1 atom stereocenters. The first kappa shape index (κ1) is 20.3. The Kier molecular flexibility index (Phi) is 7.48. The van der Waals surface area contributed by atoms with Crippen molar-refractivity contribution in [3.05, 3.63) is 65.0 Å². The van der Waals surface area contributed by atoms with Gasteiger partial charge in [-0.3, -0.25) is 0 Å². The molecule has 0 saturated carbocycles. The lowest BCUT2D eigenvalue weighted by molar-refractivity contribution is 0.251. The molecule has 2 N–H and O–H groups in total. The molecule has 0 radical (unpaired) electrons. The van der Waals surface area contributed by atoms with E-state index >= 15 is 0 Å². The molecule has 0 aliphatic rings. The molecule has 0 aliphatic carbocycles. The van der Waals surface area contributed by atoms with Crippen LogP contribution in [-0.4, -0.2) is 31.3 Å². The Morgan fingerprint density at radius 1 is 1.23 bits per heavy atom. The van der Waals surface area contributed by atoms with Gasteiger partial charge in [-0.1, -0.05) is 18.2 Å². The number of rotatable bonds is 7. The van der Waals surface area contributed by atoms with E-state index in [9.17, 15) is 9.18 Å². The van der Waals surface area contributed by atoms with Gasteiger partial charge in [0.05, 0.1) is 0 Å². The third kappa shape index (κ3) is 6.04. The summed E-state index contributed by atoms with van der Waals surface area (Å²) in [5, 5.41) is 6.04. The summed E-state index contributed by atoms with van der Waals surface area (Å²) in [6.45, 7) is 2.99. The summed E-state index contributed by atoms with van der Waals surface area (Å²) in [7, 11) is 3.79. The van der Waals surface area contributed by atoms with Crippen molar-refractivity contribution in [2.24, 2.45) is 0 Å². The van der Waals surface area contributed by atoms with Crippen molar-refractivity contribution in [3.63, 3.8) is 0 Å². The molecule has 0 saturated heterocycles. The summed E-state index contributed by atoms with van der Waals surface area (Å²) in [4.78, 5) is 14.1. The first-order chi connectivity index (χ1) is 12.4. The highest BCUT2D eigenvalue weighted by Gasteiger charge is 2.08. The monoisotopic (exact) mass is 375 g/mol. The zero-order valence-corrected chi connectivity index (χ0v) is 16.5. The van der Waals surface area contributed by atoms with Crippen molar-refractivity contribution in [2.45, 2.75) is 25.3 Å². The Hall–Kier alpha value is -2.05. The number of benzene rings is 2. The van der Waals surface area contributed by atoms with Gasteiger partial charge in [0.2, 0.25) is 0 Å². The van der Waals surface area contributed by atoms with Gasteiger partial charge in [0.1, 0.15) is 5.82 Å². The Morgan fingerprint density at radius 2 is 2.00 bits per heavy atom. The molecular formula is C20H26FN3OS. The number of anilines is 1. The molecule has 2 aromatic rings. The molecule has 1 unspecified atom stereocenters. The number of hydrogen-bond donors (Lipinski definition) is 2. The normalized spacial score (nSPS) is 12.1. The van der Waals surface area contributed by atoms with E-state index in [4.69, 9.17) is 0 Å². The zero-order valence-electron chi connectivity index (χ0n) is 15.7. The Balaban J connectivity index is 1.95. The van der Waals surface area contributed by atoms with Gasteiger partial charge in [-0.2, -0.15) is 11.8 Å². The van der Waals surface area contributed by atoms with Gasteiger partial charge in [0, 0.05) is 29.6 Å². The van der Waals surface area contributed by atoms with Crippen LogP contribution < -0.4 is 10.6 Å². The first-order valence-corrected chi connectivity index (χ1v) is 9.77. The van der Waals surface area contributed by atoms with Crippen LogP contribution in [0.1, 0.15) is 28.9 Å². The molecule has 6 heteroatoms. The number of carbonyl (C=O) groups excluding carboxylic acids is 1. The average Bonchev–Trinajstić information content (AvgIpc) is 2.61. The van der Waals surface area contributed by atoms with Gasteiger partial charge < -0.3 is 15.5 Å². The van der Waals surface area contributed by atoms with Gasteiger partial charge in [-0.15, -0.1) is 0 Å². The van der Waals surface area contributed by atoms with Crippen LogP contribution >= 0.6 is 11.8 Å². The maximum absolute atomic E-state index is 13.8. The molecular weight excluding hydrogens is 349 g/mol. The number of amides is 2. The maximum atomic E-state index is 13.8. The predicted octanol–water partition coefficient (Wildman–Crippen LogP) is 4.63. The van der Waals surface area contributed by atoms with Crippen LogP contribution in [0.4, 0.5) is 14.9 Å². The first-order valence-electron chi connectivity index (χ1n) is 8.48. The molecule has 0 aromatic heterocycles. The minimum atomic E-state index is -0.280. The maximum Gasteiger partial charge on any atom is 0.319 e. The Labute approximate surface area is 159 Å². The lowest BCUT2D eigenvalue weighted by atomic mass is 10.1. The number of carbonyl (C=O) groups is 1. The van der Waals surface area contributed by atoms with E-state index in [1.54, 1.807) is 23.9 Å². The van der Waals surface area contributed by atoms with E-state index in [1.807, 2.05) is 37.2 Å². The lowest BCUT2D eigenvalue weighted by Gasteiger charge is -2.13. The molecule has 140 valence electrons. The van der Waals surface area contributed by atoms with Crippen molar-refractivity contribution >= 4 is 23.5 Å². The van der Waals surface area contributed by atoms with E-state index < -0.39 is 0 Å². The molecule has 2 rings (SSSR count). The largest absolute Gasteiger partial charge is 0.334 e. The van der Waals surface area contributed by atoms with Crippen LogP contribution in [-0.2, 0) is 13.1 Å².